The summed E-state index contributed by atoms with van der Waals surface area (Å²) in [6.07, 6.45) is 0.204. The van der Waals surface area contributed by atoms with Crippen LogP contribution in [0.2, 0.25) is 5.02 Å². The second kappa shape index (κ2) is 7.85. The lowest BCUT2D eigenvalue weighted by Crippen LogP contribution is -2.34. The van der Waals surface area contributed by atoms with E-state index in [1.807, 2.05) is 6.92 Å². The van der Waals surface area contributed by atoms with Gasteiger partial charge in [0.25, 0.3) is 5.56 Å². The summed E-state index contributed by atoms with van der Waals surface area (Å²) in [5, 5.41) is 7.07. The minimum absolute atomic E-state index is 0.0220. The molecule has 1 N–H and O–H groups in total. The average molecular weight is 403 g/mol. The van der Waals surface area contributed by atoms with Gasteiger partial charge < -0.3 is 10.1 Å². The fourth-order valence-corrected chi connectivity index (χ4v) is 3.14. The molecule has 0 aromatic carbocycles. The van der Waals surface area contributed by atoms with E-state index in [0.717, 1.165) is 36.1 Å². The summed E-state index contributed by atoms with van der Waals surface area (Å²) in [6, 6.07) is 1.88. The summed E-state index contributed by atoms with van der Waals surface area (Å²) in [6.45, 7) is 2.70. The van der Waals surface area contributed by atoms with Crippen molar-refractivity contribution in [2.75, 3.05) is 11.9 Å². The molecule has 0 bridgehead atoms. The Balaban J connectivity index is 1.85. The van der Waals surface area contributed by atoms with E-state index in [1.165, 1.54) is 6.20 Å². The van der Waals surface area contributed by atoms with Gasteiger partial charge in [0.2, 0.25) is 0 Å². The number of halogens is 4. The van der Waals surface area contributed by atoms with Crippen molar-refractivity contribution in [1.82, 2.24) is 14.8 Å². The lowest BCUT2D eigenvalue weighted by Gasteiger charge is -2.24. The standard InChI is InChI=1S/C17H18ClF3N4O2/c1-2-11(13-4-3-7-27-13)24-12-9-23-25(16(26)15(12)18)14-6-5-10(8-22-14)17(19,20)21/h5-6,8-9,11,13,24H,2-4,7H2,1H3. The first-order valence-corrected chi connectivity index (χ1v) is 8.88. The van der Waals surface area contributed by atoms with E-state index in [9.17, 15) is 18.0 Å². The summed E-state index contributed by atoms with van der Waals surface area (Å²) < 4.78 is 44.4. The molecule has 1 aliphatic rings. The quantitative estimate of drug-likeness (QED) is 0.826. The second-order valence-electron chi connectivity index (χ2n) is 6.20. The normalized spacial score (nSPS) is 18.5. The summed E-state index contributed by atoms with van der Waals surface area (Å²) in [5.74, 6) is -0.0485. The van der Waals surface area contributed by atoms with Gasteiger partial charge in [0.1, 0.15) is 5.02 Å². The van der Waals surface area contributed by atoms with Gasteiger partial charge in [-0.3, -0.25) is 4.79 Å². The minimum Gasteiger partial charge on any atom is -0.377 e. The zero-order valence-electron chi connectivity index (χ0n) is 14.5. The number of anilines is 1. The number of pyridine rings is 1. The van der Waals surface area contributed by atoms with E-state index in [-0.39, 0.29) is 23.0 Å². The summed E-state index contributed by atoms with van der Waals surface area (Å²) in [7, 11) is 0. The molecule has 1 saturated heterocycles. The highest BCUT2D eigenvalue weighted by atomic mass is 35.5. The number of ether oxygens (including phenoxy) is 1. The van der Waals surface area contributed by atoms with Gasteiger partial charge >= 0.3 is 6.18 Å². The third-order valence-electron chi connectivity index (χ3n) is 4.41. The fourth-order valence-electron chi connectivity index (χ4n) is 2.95. The van der Waals surface area contributed by atoms with Crippen LogP contribution in [0.3, 0.4) is 0 Å². The molecule has 2 unspecified atom stereocenters. The highest BCUT2D eigenvalue weighted by molar-refractivity contribution is 6.32. The first kappa shape index (κ1) is 19.6. The van der Waals surface area contributed by atoms with E-state index in [2.05, 4.69) is 15.4 Å². The van der Waals surface area contributed by atoms with Crippen molar-refractivity contribution < 1.29 is 17.9 Å². The third kappa shape index (κ3) is 4.24. The second-order valence-corrected chi connectivity index (χ2v) is 6.58. The first-order valence-electron chi connectivity index (χ1n) is 8.51. The van der Waals surface area contributed by atoms with Gasteiger partial charge in [-0.25, -0.2) is 4.98 Å². The van der Waals surface area contributed by atoms with Gasteiger partial charge in [-0.15, -0.1) is 0 Å². The van der Waals surface area contributed by atoms with Crippen LogP contribution in [0, 0.1) is 0 Å². The molecule has 2 atom stereocenters. The SMILES string of the molecule is CCC(Nc1cnn(-c2ccc(C(F)(F)F)cn2)c(=O)c1Cl)C1CCCO1. The number of alkyl halides is 3. The number of hydrogen-bond donors (Lipinski definition) is 1. The largest absolute Gasteiger partial charge is 0.417 e. The molecule has 0 amide bonds. The van der Waals surface area contributed by atoms with Crippen LogP contribution >= 0.6 is 11.6 Å². The lowest BCUT2D eigenvalue weighted by molar-refractivity contribution is -0.137. The number of aromatic nitrogens is 3. The molecule has 27 heavy (non-hydrogen) atoms. The van der Waals surface area contributed by atoms with E-state index in [4.69, 9.17) is 16.3 Å². The maximum Gasteiger partial charge on any atom is 0.417 e. The van der Waals surface area contributed by atoms with Crippen molar-refractivity contribution in [1.29, 1.82) is 0 Å². The summed E-state index contributed by atoms with van der Waals surface area (Å²) >= 11 is 6.18. The third-order valence-corrected chi connectivity index (χ3v) is 4.77. The van der Waals surface area contributed by atoms with E-state index in [1.54, 1.807) is 0 Å². The fraction of sp³-hybridized carbons (Fsp3) is 0.471. The van der Waals surface area contributed by atoms with Crippen molar-refractivity contribution in [3.63, 3.8) is 0 Å². The lowest BCUT2D eigenvalue weighted by atomic mass is 10.1. The molecule has 2 aromatic rings. The zero-order valence-corrected chi connectivity index (χ0v) is 15.2. The highest BCUT2D eigenvalue weighted by Crippen LogP contribution is 2.29. The molecule has 0 radical (unpaired) electrons. The van der Waals surface area contributed by atoms with Crippen molar-refractivity contribution in [3.8, 4) is 5.82 Å². The maximum atomic E-state index is 12.6. The minimum atomic E-state index is -4.51. The Morgan fingerprint density at radius 2 is 2.19 bits per heavy atom. The van der Waals surface area contributed by atoms with Crippen molar-refractivity contribution >= 4 is 17.3 Å². The van der Waals surface area contributed by atoms with Gasteiger partial charge in [-0.1, -0.05) is 18.5 Å². The topological polar surface area (TPSA) is 69.0 Å². The van der Waals surface area contributed by atoms with Crippen LogP contribution in [0.4, 0.5) is 18.9 Å². The number of hydrogen-bond acceptors (Lipinski definition) is 5. The molecule has 146 valence electrons. The molecular formula is C17H18ClF3N4O2. The average Bonchev–Trinajstić information content (AvgIpc) is 3.17. The Morgan fingerprint density at radius 1 is 1.41 bits per heavy atom. The van der Waals surface area contributed by atoms with Gasteiger partial charge in [0.05, 0.1) is 29.6 Å². The van der Waals surface area contributed by atoms with Gasteiger partial charge in [0, 0.05) is 12.8 Å². The predicted octanol–water partition coefficient (Wildman–Crippen LogP) is 3.67. The first-order chi connectivity index (χ1) is 12.8. The predicted molar refractivity (Wildman–Crippen MR) is 94.3 cm³/mol. The smallest absolute Gasteiger partial charge is 0.377 e. The van der Waals surface area contributed by atoms with Crippen LogP contribution in [-0.4, -0.2) is 33.5 Å². The van der Waals surface area contributed by atoms with Crippen LogP contribution in [-0.2, 0) is 10.9 Å². The monoisotopic (exact) mass is 402 g/mol. The van der Waals surface area contributed by atoms with Crippen molar-refractivity contribution in [2.45, 2.75) is 44.5 Å². The van der Waals surface area contributed by atoms with E-state index >= 15 is 0 Å². The van der Waals surface area contributed by atoms with Crippen LogP contribution in [0.25, 0.3) is 5.82 Å². The summed E-state index contributed by atoms with van der Waals surface area (Å²) in [4.78, 5) is 16.2. The van der Waals surface area contributed by atoms with Crippen molar-refractivity contribution in [2.24, 2.45) is 0 Å². The van der Waals surface area contributed by atoms with Crippen LogP contribution in [0.1, 0.15) is 31.7 Å². The van der Waals surface area contributed by atoms with Gasteiger partial charge in [-0.2, -0.15) is 23.0 Å². The molecule has 0 spiro atoms. The Hall–Kier alpha value is -2.13. The molecule has 1 aliphatic heterocycles. The highest BCUT2D eigenvalue weighted by Gasteiger charge is 2.31. The van der Waals surface area contributed by atoms with Crippen LogP contribution in [0.15, 0.2) is 29.3 Å². The molecule has 0 saturated carbocycles. The molecule has 3 heterocycles. The van der Waals surface area contributed by atoms with Gasteiger partial charge in [-0.05, 0) is 31.4 Å². The van der Waals surface area contributed by atoms with Gasteiger partial charge in [0.15, 0.2) is 5.82 Å². The molecule has 3 rings (SSSR count). The summed E-state index contributed by atoms with van der Waals surface area (Å²) in [5.41, 5.74) is -1.23. The molecular weight excluding hydrogens is 385 g/mol. The van der Waals surface area contributed by atoms with Crippen LogP contribution in [0.5, 0.6) is 0 Å². The molecule has 0 aliphatic carbocycles. The zero-order chi connectivity index (χ0) is 19.6. The molecule has 6 nitrogen and oxygen atoms in total. The Labute approximate surface area is 158 Å². The number of nitrogens with zero attached hydrogens (tertiary/aromatic N) is 3. The molecule has 10 heteroatoms. The van der Waals surface area contributed by atoms with E-state index < -0.39 is 17.3 Å². The van der Waals surface area contributed by atoms with Crippen LogP contribution < -0.4 is 10.9 Å². The maximum absolute atomic E-state index is 12.6. The Morgan fingerprint density at radius 3 is 2.74 bits per heavy atom. The number of rotatable bonds is 5. The molecule has 2 aromatic heterocycles. The Kier molecular flexibility index (Phi) is 5.71. The molecule has 1 fully saturated rings. The Bertz CT molecular complexity index is 849. The van der Waals surface area contributed by atoms with Crippen molar-refractivity contribution in [3.05, 3.63) is 45.5 Å². The van der Waals surface area contributed by atoms with E-state index in [0.29, 0.717) is 18.5 Å². The number of nitrogens with one attached hydrogen (secondary N) is 1.